The van der Waals surface area contributed by atoms with E-state index in [1.165, 1.54) is 14.2 Å². The van der Waals surface area contributed by atoms with Crippen LogP contribution in [-0.4, -0.2) is 33.1 Å². The monoisotopic (exact) mass is 360 g/mol. The second kappa shape index (κ2) is 12.4. The first-order valence-corrected chi connectivity index (χ1v) is 8.23. The molecule has 0 heterocycles. The molecule has 0 bridgehead atoms. The lowest BCUT2D eigenvalue weighted by Gasteiger charge is -2.08. The molecule has 0 saturated heterocycles. The summed E-state index contributed by atoms with van der Waals surface area (Å²) >= 11 is 0. The zero-order valence-corrected chi connectivity index (χ0v) is 15.3. The van der Waals surface area contributed by atoms with E-state index in [0.717, 1.165) is 24.0 Å². The lowest BCUT2D eigenvalue weighted by Crippen LogP contribution is -2.07. The number of ether oxygens (including phenoxy) is 4. The fourth-order valence-electron chi connectivity index (χ4n) is 1.90. The van der Waals surface area contributed by atoms with Crippen molar-refractivity contribution in [2.45, 2.75) is 19.8 Å². The maximum absolute atomic E-state index is 11.1. The van der Waals surface area contributed by atoms with Crippen molar-refractivity contribution in [3.8, 4) is 16.9 Å². The number of rotatable bonds is 5. The van der Waals surface area contributed by atoms with Crippen LogP contribution >= 0.6 is 0 Å². The lowest BCUT2D eigenvalue weighted by atomic mass is 10.1. The molecule has 2 rings (SSSR count). The standard InChI is InChI=1S/C14H12O3.C6H12O3/c1-16-14(15)17-13-10-6-5-9-12(13)11-7-3-2-4-8-11;1-3-4-5-9-6(7)8-2/h2-10H,1H3;3-5H2,1-2H3. The number of benzene rings is 2. The van der Waals surface area contributed by atoms with Gasteiger partial charge in [-0.3, -0.25) is 0 Å². The molecule has 6 nitrogen and oxygen atoms in total. The van der Waals surface area contributed by atoms with E-state index < -0.39 is 12.3 Å². The molecule has 2 aromatic carbocycles. The van der Waals surface area contributed by atoms with Crippen molar-refractivity contribution in [1.29, 1.82) is 0 Å². The number of hydrogen-bond donors (Lipinski definition) is 0. The molecule has 6 heteroatoms. The summed E-state index contributed by atoms with van der Waals surface area (Å²) in [6.07, 6.45) is 0.614. The van der Waals surface area contributed by atoms with Crippen LogP contribution in [0.3, 0.4) is 0 Å². The van der Waals surface area contributed by atoms with Gasteiger partial charge in [0, 0.05) is 5.56 Å². The first kappa shape index (κ1) is 21.0. The smallest absolute Gasteiger partial charge is 0.438 e. The van der Waals surface area contributed by atoms with Crippen LogP contribution in [0.4, 0.5) is 9.59 Å². The molecule has 0 aliphatic rings. The Balaban J connectivity index is 0.000000321. The summed E-state index contributed by atoms with van der Waals surface area (Å²) in [5.41, 5.74) is 1.85. The van der Waals surface area contributed by atoms with Gasteiger partial charge in [0.1, 0.15) is 5.75 Å². The summed E-state index contributed by atoms with van der Waals surface area (Å²) in [4.78, 5) is 21.4. The van der Waals surface area contributed by atoms with Gasteiger partial charge in [-0.25, -0.2) is 9.59 Å². The van der Waals surface area contributed by atoms with Gasteiger partial charge in [-0.2, -0.15) is 0 Å². The highest BCUT2D eigenvalue weighted by Crippen LogP contribution is 2.29. The summed E-state index contributed by atoms with van der Waals surface area (Å²) in [6, 6.07) is 17.1. The van der Waals surface area contributed by atoms with Crippen molar-refractivity contribution < 1.29 is 28.5 Å². The Labute approximate surface area is 153 Å². The van der Waals surface area contributed by atoms with E-state index in [4.69, 9.17) is 4.74 Å². The van der Waals surface area contributed by atoms with E-state index in [9.17, 15) is 9.59 Å². The Morgan fingerprint density at radius 3 is 2.08 bits per heavy atom. The summed E-state index contributed by atoms with van der Waals surface area (Å²) in [5.74, 6) is 0.491. The molecule has 0 saturated carbocycles. The third-order valence-corrected chi connectivity index (χ3v) is 3.22. The van der Waals surface area contributed by atoms with E-state index in [0.29, 0.717) is 12.4 Å². The quantitative estimate of drug-likeness (QED) is 0.421. The van der Waals surface area contributed by atoms with Crippen LogP contribution < -0.4 is 4.74 Å². The molecule has 2 aromatic rings. The van der Waals surface area contributed by atoms with Crippen molar-refractivity contribution in [3.05, 3.63) is 54.6 Å². The summed E-state index contributed by atoms with van der Waals surface area (Å²) in [7, 11) is 2.59. The van der Waals surface area contributed by atoms with Crippen LogP contribution in [0.1, 0.15) is 19.8 Å². The van der Waals surface area contributed by atoms with E-state index in [-0.39, 0.29) is 0 Å². The number of para-hydroxylation sites is 1. The molecule has 0 aliphatic heterocycles. The van der Waals surface area contributed by atoms with Gasteiger partial charge in [0.25, 0.3) is 0 Å². The molecule has 0 spiro atoms. The van der Waals surface area contributed by atoms with Gasteiger partial charge in [-0.15, -0.1) is 0 Å². The summed E-state index contributed by atoms with van der Waals surface area (Å²) < 4.78 is 18.4. The molecule has 0 radical (unpaired) electrons. The van der Waals surface area contributed by atoms with Crippen molar-refractivity contribution in [3.63, 3.8) is 0 Å². The molecule has 140 valence electrons. The highest BCUT2D eigenvalue weighted by Gasteiger charge is 2.09. The largest absolute Gasteiger partial charge is 0.513 e. The average Bonchev–Trinajstić information content (AvgIpc) is 2.69. The molecule has 0 amide bonds. The van der Waals surface area contributed by atoms with Crippen molar-refractivity contribution >= 4 is 12.3 Å². The van der Waals surface area contributed by atoms with Crippen LogP contribution in [0.25, 0.3) is 11.1 Å². The molecule has 0 aliphatic carbocycles. The van der Waals surface area contributed by atoms with E-state index in [2.05, 4.69) is 14.2 Å². The van der Waals surface area contributed by atoms with Crippen molar-refractivity contribution in [2.75, 3.05) is 20.8 Å². The summed E-state index contributed by atoms with van der Waals surface area (Å²) in [5, 5.41) is 0. The van der Waals surface area contributed by atoms with Crippen molar-refractivity contribution in [2.24, 2.45) is 0 Å². The Bertz CT molecular complexity index is 669. The second-order valence-electron chi connectivity index (χ2n) is 5.07. The lowest BCUT2D eigenvalue weighted by molar-refractivity contribution is 0.0717. The van der Waals surface area contributed by atoms with Gasteiger partial charge in [0.2, 0.25) is 0 Å². The fourth-order valence-corrected chi connectivity index (χ4v) is 1.90. The van der Waals surface area contributed by atoms with E-state index in [1.54, 1.807) is 6.07 Å². The first-order chi connectivity index (χ1) is 12.6. The Morgan fingerprint density at radius 2 is 1.46 bits per heavy atom. The number of carbonyl (C=O) groups is 2. The van der Waals surface area contributed by atoms with Gasteiger partial charge in [0.15, 0.2) is 0 Å². The highest BCUT2D eigenvalue weighted by atomic mass is 16.7. The van der Waals surface area contributed by atoms with Crippen LogP contribution in [0.15, 0.2) is 54.6 Å². The third-order valence-electron chi connectivity index (χ3n) is 3.22. The van der Waals surface area contributed by atoms with Gasteiger partial charge in [-0.1, -0.05) is 61.9 Å². The Kier molecular flexibility index (Phi) is 9.99. The first-order valence-electron chi connectivity index (χ1n) is 8.23. The third kappa shape index (κ3) is 7.70. The van der Waals surface area contributed by atoms with Crippen molar-refractivity contribution in [1.82, 2.24) is 0 Å². The molecule has 0 fully saturated rings. The molecule has 0 aromatic heterocycles. The topological polar surface area (TPSA) is 71.1 Å². The minimum atomic E-state index is -0.714. The highest BCUT2D eigenvalue weighted by molar-refractivity contribution is 5.74. The number of methoxy groups -OCH3 is 2. The van der Waals surface area contributed by atoms with Gasteiger partial charge in [-0.05, 0) is 18.1 Å². The molecular weight excluding hydrogens is 336 g/mol. The van der Waals surface area contributed by atoms with Crippen LogP contribution in [0, 0.1) is 0 Å². The molecule has 0 unspecified atom stereocenters. The minimum Gasteiger partial charge on any atom is -0.438 e. The molecule has 26 heavy (non-hydrogen) atoms. The van der Waals surface area contributed by atoms with E-state index in [1.807, 2.05) is 55.5 Å². The SMILES string of the molecule is CCCCOC(=O)OC.COC(=O)Oc1ccccc1-c1ccccc1. The number of unbranched alkanes of at least 4 members (excludes halogenated alkanes) is 1. The minimum absolute atomic E-state index is 0.461. The maximum Gasteiger partial charge on any atom is 0.513 e. The molecule has 0 atom stereocenters. The van der Waals surface area contributed by atoms with E-state index >= 15 is 0 Å². The summed E-state index contributed by atoms with van der Waals surface area (Å²) in [6.45, 7) is 2.49. The Hall–Kier alpha value is -3.02. The number of carbonyl (C=O) groups excluding carboxylic acids is 2. The Morgan fingerprint density at radius 1 is 0.846 bits per heavy atom. The van der Waals surface area contributed by atoms with Gasteiger partial charge in [0.05, 0.1) is 20.8 Å². The number of hydrogen-bond acceptors (Lipinski definition) is 6. The molecular formula is C20H24O6. The molecule has 0 N–H and O–H groups in total. The van der Waals surface area contributed by atoms with Gasteiger partial charge >= 0.3 is 12.3 Å². The van der Waals surface area contributed by atoms with Crippen LogP contribution in [0.5, 0.6) is 5.75 Å². The van der Waals surface area contributed by atoms with Crippen LogP contribution in [-0.2, 0) is 14.2 Å². The predicted molar refractivity (Wildman–Crippen MR) is 98.2 cm³/mol. The average molecular weight is 360 g/mol. The maximum atomic E-state index is 11.1. The fraction of sp³-hybridized carbons (Fsp3) is 0.300. The predicted octanol–water partition coefficient (Wildman–Crippen LogP) is 5.07. The van der Waals surface area contributed by atoms with Gasteiger partial charge < -0.3 is 18.9 Å². The normalized spacial score (nSPS) is 9.35. The van der Waals surface area contributed by atoms with Crippen LogP contribution in [0.2, 0.25) is 0 Å². The zero-order valence-electron chi connectivity index (χ0n) is 15.3. The zero-order chi connectivity index (χ0) is 19.2. The second-order valence-corrected chi connectivity index (χ2v) is 5.07.